The number of ether oxygens (including phenoxy) is 1. The summed E-state index contributed by atoms with van der Waals surface area (Å²) < 4.78 is 28.8. The second-order valence-electron chi connectivity index (χ2n) is 3.20. The van der Waals surface area contributed by atoms with Gasteiger partial charge in [0.15, 0.2) is 4.77 Å². The van der Waals surface area contributed by atoms with Crippen molar-refractivity contribution >= 4 is 12.2 Å². The van der Waals surface area contributed by atoms with Crippen LogP contribution in [0.2, 0.25) is 0 Å². The van der Waals surface area contributed by atoms with Crippen LogP contribution >= 0.6 is 12.2 Å². The van der Waals surface area contributed by atoms with Crippen molar-refractivity contribution in [3.05, 3.63) is 41.3 Å². The summed E-state index contributed by atoms with van der Waals surface area (Å²) in [5.41, 5.74) is 1.40. The summed E-state index contributed by atoms with van der Waals surface area (Å²) in [6.07, 6.45) is 1.55. The van der Waals surface area contributed by atoms with Gasteiger partial charge >= 0.3 is 6.61 Å². The monoisotopic (exact) mass is 254 g/mol. The molecule has 2 rings (SSSR count). The Morgan fingerprint density at radius 3 is 2.82 bits per heavy atom. The second kappa shape index (κ2) is 5.01. The fourth-order valence-corrected chi connectivity index (χ4v) is 1.55. The van der Waals surface area contributed by atoms with Gasteiger partial charge in [-0.25, -0.2) is 4.98 Å². The van der Waals surface area contributed by atoms with E-state index >= 15 is 0 Å². The topological polar surface area (TPSA) is 37.9 Å². The Labute approximate surface area is 101 Å². The van der Waals surface area contributed by atoms with Gasteiger partial charge in [0.05, 0.1) is 0 Å². The van der Waals surface area contributed by atoms with E-state index in [9.17, 15) is 8.78 Å². The van der Waals surface area contributed by atoms with E-state index in [4.69, 9.17) is 12.2 Å². The Morgan fingerprint density at radius 1 is 1.29 bits per heavy atom. The minimum Gasteiger partial charge on any atom is -0.435 e. The first-order valence-electron chi connectivity index (χ1n) is 4.76. The van der Waals surface area contributed by atoms with Crippen molar-refractivity contribution in [2.45, 2.75) is 6.61 Å². The number of nitrogens with zero attached hydrogens (tertiary/aromatic N) is 1. The normalized spacial score (nSPS) is 10.5. The number of hydrogen-bond acceptors (Lipinski definition) is 3. The van der Waals surface area contributed by atoms with Gasteiger partial charge in [0.25, 0.3) is 0 Å². The number of alkyl halides is 2. The predicted octanol–water partition coefficient (Wildman–Crippen LogP) is 3.41. The van der Waals surface area contributed by atoms with Gasteiger partial charge in [0.2, 0.25) is 0 Å². The lowest BCUT2D eigenvalue weighted by atomic mass is 10.1. The van der Waals surface area contributed by atoms with Crippen molar-refractivity contribution in [3.63, 3.8) is 0 Å². The molecule has 0 saturated carbocycles. The van der Waals surface area contributed by atoms with E-state index in [1.165, 1.54) is 12.1 Å². The first-order valence-corrected chi connectivity index (χ1v) is 5.16. The lowest BCUT2D eigenvalue weighted by Crippen LogP contribution is -2.01. The molecule has 88 valence electrons. The molecule has 0 aliphatic carbocycles. The zero-order chi connectivity index (χ0) is 12.3. The van der Waals surface area contributed by atoms with Gasteiger partial charge in [-0.15, -0.1) is 0 Å². The maximum Gasteiger partial charge on any atom is 0.387 e. The molecule has 0 fully saturated rings. The molecule has 0 atom stereocenters. The maximum atomic E-state index is 12.1. The molecule has 0 aliphatic rings. The van der Waals surface area contributed by atoms with Gasteiger partial charge in [0.1, 0.15) is 5.75 Å². The molecule has 3 nitrogen and oxygen atoms in total. The first kappa shape index (κ1) is 11.7. The Morgan fingerprint density at radius 2 is 2.12 bits per heavy atom. The molecule has 1 aromatic carbocycles. The van der Waals surface area contributed by atoms with Crippen molar-refractivity contribution in [2.75, 3.05) is 0 Å². The summed E-state index contributed by atoms with van der Waals surface area (Å²) in [6, 6.07) is 8.07. The molecule has 17 heavy (non-hydrogen) atoms. The summed E-state index contributed by atoms with van der Waals surface area (Å²) in [6.45, 7) is -2.83. The van der Waals surface area contributed by atoms with E-state index in [1.807, 2.05) is 0 Å². The van der Waals surface area contributed by atoms with Crippen LogP contribution in [-0.4, -0.2) is 16.6 Å². The highest BCUT2D eigenvalue weighted by atomic mass is 32.1. The van der Waals surface area contributed by atoms with E-state index in [2.05, 4.69) is 14.7 Å². The van der Waals surface area contributed by atoms with Gasteiger partial charge in [-0.1, -0.05) is 12.1 Å². The van der Waals surface area contributed by atoms with Crippen molar-refractivity contribution in [2.24, 2.45) is 0 Å². The summed E-state index contributed by atoms with van der Waals surface area (Å²) in [7, 11) is 0. The summed E-state index contributed by atoms with van der Waals surface area (Å²) >= 11 is 4.88. The van der Waals surface area contributed by atoms with Crippen LogP contribution < -0.4 is 4.74 Å². The van der Waals surface area contributed by atoms with Gasteiger partial charge in [-0.05, 0) is 30.4 Å². The Bertz CT molecular complexity index is 571. The third-order valence-corrected chi connectivity index (χ3v) is 2.25. The zero-order valence-corrected chi connectivity index (χ0v) is 9.38. The van der Waals surface area contributed by atoms with E-state index in [0.29, 0.717) is 16.0 Å². The molecule has 1 N–H and O–H groups in total. The second-order valence-corrected chi connectivity index (χ2v) is 3.58. The average molecular weight is 254 g/mol. The molecular weight excluding hydrogens is 246 g/mol. The SMILES string of the molecule is FC(F)Oc1cccc(-c2ccnc(=S)[nH]2)c1. The highest BCUT2D eigenvalue weighted by Gasteiger charge is 2.05. The van der Waals surface area contributed by atoms with Crippen molar-refractivity contribution in [3.8, 4) is 17.0 Å². The van der Waals surface area contributed by atoms with Gasteiger partial charge in [-0.2, -0.15) is 8.78 Å². The van der Waals surface area contributed by atoms with Crippen LogP contribution in [0.1, 0.15) is 0 Å². The maximum absolute atomic E-state index is 12.1. The number of H-pyrrole nitrogens is 1. The molecular formula is C11H8F2N2OS. The molecule has 2 aromatic rings. The van der Waals surface area contributed by atoms with Gasteiger partial charge < -0.3 is 9.72 Å². The van der Waals surface area contributed by atoms with Crippen LogP contribution in [-0.2, 0) is 0 Å². The summed E-state index contributed by atoms with van der Waals surface area (Å²) in [4.78, 5) is 6.71. The van der Waals surface area contributed by atoms with Crippen LogP contribution in [0.4, 0.5) is 8.78 Å². The summed E-state index contributed by atoms with van der Waals surface area (Å²) in [5.74, 6) is 0.105. The summed E-state index contributed by atoms with van der Waals surface area (Å²) in [5, 5.41) is 0. The molecule has 0 radical (unpaired) electrons. The number of hydrogen-bond donors (Lipinski definition) is 1. The highest BCUT2D eigenvalue weighted by molar-refractivity contribution is 7.71. The number of halogens is 2. The van der Waals surface area contributed by atoms with Crippen molar-refractivity contribution in [1.29, 1.82) is 0 Å². The van der Waals surface area contributed by atoms with Crippen LogP contribution in [0.3, 0.4) is 0 Å². The van der Waals surface area contributed by atoms with E-state index in [1.54, 1.807) is 24.4 Å². The lowest BCUT2D eigenvalue weighted by Gasteiger charge is -2.06. The molecule has 0 unspecified atom stereocenters. The number of aromatic nitrogens is 2. The first-order chi connectivity index (χ1) is 8.15. The molecule has 0 aliphatic heterocycles. The fraction of sp³-hybridized carbons (Fsp3) is 0.0909. The van der Waals surface area contributed by atoms with Crippen molar-refractivity contribution < 1.29 is 13.5 Å². The van der Waals surface area contributed by atoms with Gasteiger partial charge in [-0.3, -0.25) is 0 Å². The molecule has 1 aromatic heterocycles. The Hall–Kier alpha value is -1.82. The predicted molar refractivity (Wildman–Crippen MR) is 61.5 cm³/mol. The third kappa shape index (κ3) is 3.07. The lowest BCUT2D eigenvalue weighted by molar-refractivity contribution is -0.0498. The third-order valence-electron chi connectivity index (χ3n) is 2.04. The number of aromatic amines is 1. The number of benzene rings is 1. The van der Waals surface area contributed by atoms with E-state index in [-0.39, 0.29) is 5.75 Å². The smallest absolute Gasteiger partial charge is 0.387 e. The van der Waals surface area contributed by atoms with Crippen LogP contribution in [0.25, 0.3) is 11.3 Å². The quantitative estimate of drug-likeness (QED) is 0.853. The minimum absolute atomic E-state index is 0.105. The molecule has 0 amide bonds. The standard InChI is InChI=1S/C11H8F2N2OS/c12-10(13)16-8-3-1-2-7(6-8)9-4-5-14-11(17)15-9/h1-6,10H,(H,14,15,17). The molecule has 1 heterocycles. The van der Waals surface area contributed by atoms with E-state index < -0.39 is 6.61 Å². The molecule has 6 heteroatoms. The molecule has 0 spiro atoms. The fourth-order valence-electron chi connectivity index (χ4n) is 1.38. The van der Waals surface area contributed by atoms with Gasteiger partial charge in [0, 0.05) is 17.5 Å². The van der Waals surface area contributed by atoms with Crippen LogP contribution in [0.5, 0.6) is 5.75 Å². The Kier molecular flexibility index (Phi) is 3.43. The molecule has 0 bridgehead atoms. The molecule has 0 saturated heterocycles. The zero-order valence-electron chi connectivity index (χ0n) is 8.56. The average Bonchev–Trinajstić information content (AvgIpc) is 2.28. The minimum atomic E-state index is -2.83. The Balaban J connectivity index is 2.36. The largest absolute Gasteiger partial charge is 0.435 e. The van der Waals surface area contributed by atoms with Crippen LogP contribution in [0, 0.1) is 4.77 Å². The number of nitrogens with one attached hydrogen (secondary N) is 1. The van der Waals surface area contributed by atoms with E-state index in [0.717, 1.165) is 0 Å². The van der Waals surface area contributed by atoms with Crippen molar-refractivity contribution in [1.82, 2.24) is 9.97 Å². The number of rotatable bonds is 3. The van der Waals surface area contributed by atoms with Crippen LogP contribution in [0.15, 0.2) is 36.5 Å². The highest BCUT2D eigenvalue weighted by Crippen LogP contribution is 2.22.